The zero-order valence-corrected chi connectivity index (χ0v) is 14.4. The molecule has 1 amide bonds. The third-order valence-corrected chi connectivity index (χ3v) is 5.42. The minimum absolute atomic E-state index is 0.0142. The maximum Gasteiger partial charge on any atom is 0.226 e. The maximum atomic E-state index is 12.8. The summed E-state index contributed by atoms with van der Waals surface area (Å²) in [6.07, 6.45) is 3.01. The Morgan fingerprint density at radius 2 is 1.54 bits per heavy atom. The summed E-state index contributed by atoms with van der Waals surface area (Å²) in [6, 6.07) is 7.68. The first-order valence-electron chi connectivity index (χ1n) is 8.56. The summed E-state index contributed by atoms with van der Waals surface area (Å²) >= 11 is 5.92. The lowest BCUT2D eigenvalue weighted by molar-refractivity contribution is -0.314. The molecule has 1 aromatic rings. The minimum Gasteiger partial charge on any atom is -0.550 e. The van der Waals surface area contributed by atoms with E-state index in [9.17, 15) is 14.7 Å². The number of hydrogen-bond acceptors (Lipinski definition) is 4. The highest BCUT2D eigenvalue weighted by Gasteiger charge is 2.35. The Bertz CT molecular complexity index is 597. The van der Waals surface area contributed by atoms with Gasteiger partial charge in [-0.05, 0) is 37.1 Å². The molecule has 2 fully saturated rings. The summed E-state index contributed by atoms with van der Waals surface area (Å²) in [5.41, 5.74) is 1.09. The van der Waals surface area contributed by atoms with Gasteiger partial charge in [-0.3, -0.25) is 4.79 Å². The molecular formula is C18H22ClN2O3-. The predicted octanol–water partition coefficient (Wildman–Crippen LogP) is 1.54. The highest BCUT2D eigenvalue weighted by atomic mass is 35.5. The van der Waals surface area contributed by atoms with Crippen LogP contribution in [0.4, 0.5) is 5.69 Å². The standard InChI is InChI=1S/C18H23ClN2O3/c19-13-5-7-14(8-6-13)20-9-11-21(12-10-20)17(22)15-3-1-2-4-16(15)18(23)24/h5-8,15-16H,1-4,9-12H2,(H,23,24)/p-1/t15-,16-/m0/s1. The topological polar surface area (TPSA) is 63.7 Å². The summed E-state index contributed by atoms with van der Waals surface area (Å²) in [4.78, 5) is 28.1. The van der Waals surface area contributed by atoms with Crippen molar-refractivity contribution in [3.63, 3.8) is 0 Å². The Hall–Kier alpha value is -1.75. The van der Waals surface area contributed by atoms with Gasteiger partial charge >= 0.3 is 0 Å². The van der Waals surface area contributed by atoms with E-state index in [4.69, 9.17) is 11.6 Å². The molecule has 1 aliphatic heterocycles. The highest BCUT2D eigenvalue weighted by molar-refractivity contribution is 6.30. The van der Waals surface area contributed by atoms with Gasteiger partial charge in [-0.2, -0.15) is 0 Å². The molecule has 2 atom stereocenters. The first-order valence-corrected chi connectivity index (χ1v) is 8.94. The van der Waals surface area contributed by atoms with Crippen LogP contribution in [0, 0.1) is 11.8 Å². The van der Waals surface area contributed by atoms with Gasteiger partial charge in [0.15, 0.2) is 0 Å². The molecule has 0 N–H and O–H groups in total. The molecule has 0 aromatic heterocycles. The molecule has 0 bridgehead atoms. The number of piperazine rings is 1. The van der Waals surface area contributed by atoms with E-state index in [0.29, 0.717) is 31.0 Å². The summed E-state index contributed by atoms with van der Waals surface area (Å²) in [5, 5.41) is 12.0. The molecule has 0 unspecified atom stereocenters. The van der Waals surface area contributed by atoms with Crippen LogP contribution in [-0.2, 0) is 9.59 Å². The Morgan fingerprint density at radius 1 is 0.958 bits per heavy atom. The van der Waals surface area contributed by atoms with Crippen LogP contribution in [0.2, 0.25) is 5.02 Å². The van der Waals surface area contributed by atoms with Crippen molar-refractivity contribution < 1.29 is 14.7 Å². The normalized spacial score (nSPS) is 24.7. The Kier molecular flexibility index (Phi) is 5.29. The largest absolute Gasteiger partial charge is 0.550 e. The van der Waals surface area contributed by atoms with Gasteiger partial charge in [0, 0.05) is 54.7 Å². The number of carboxylic acids is 1. The monoisotopic (exact) mass is 349 g/mol. The summed E-state index contributed by atoms with van der Waals surface area (Å²) in [6.45, 7) is 2.74. The van der Waals surface area contributed by atoms with Gasteiger partial charge in [-0.25, -0.2) is 0 Å². The zero-order valence-electron chi connectivity index (χ0n) is 13.6. The van der Waals surface area contributed by atoms with Crippen LogP contribution in [0.1, 0.15) is 25.7 Å². The van der Waals surface area contributed by atoms with E-state index in [1.165, 1.54) is 0 Å². The van der Waals surface area contributed by atoms with Crippen LogP contribution in [0.5, 0.6) is 0 Å². The van der Waals surface area contributed by atoms with Crippen LogP contribution in [0.25, 0.3) is 0 Å². The number of carbonyl (C=O) groups is 2. The second-order valence-corrected chi connectivity index (χ2v) is 7.04. The molecule has 1 aliphatic carbocycles. The van der Waals surface area contributed by atoms with Crippen LogP contribution in [0.15, 0.2) is 24.3 Å². The molecule has 0 radical (unpaired) electrons. The molecule has 5 nitrogen and oxygen atoms in total. The first-order chi connectivity index (χ1) is 11.6. The molecule has 1 heterocycles. The maximum absolute atomic E-state index is 12.8. The number of benzene rings is 1. The fourth-order valence-electron chi connectivity index (χ4n) is 3.78. The third-order valence-electron chi connectivity index (χ3n) is 5.17. The van der Waals surface area contributed by atoms with Crippen LogP contribution >= 0.6 is 11.6 Å². The van der Waals surface area contributed by atoms with Crippen molar-refractivity contribution in [1.29, 1.82) is 0 Å². The second kappa shape index (κ2) is 7.43. The summed E-state index contributed by atoms with van der Waals surface area (Å²) in [5.74, 6) is -2.13. The number of halogens is 1. The number of carboxylic acid groups (broad SMARTS) is 1. The summed E-state index contributed by atoms with van der Waals surface area (Å²) < 4.78 is 0. The number of carbonyl (C=O) groups excluding carboxylic acids is 2. The quantitative estimate of drug-likeness (QED) is 0.830. The average molecular weight is 350 g/mol. The van der Waals surface area contributed by atoms with Gasteiger partial charge in [0.2, 0.25) is 5.91 Å². The van der Waals surface area contributed by atoms with Crippen molar-refractivity contribution in [3.8, 4) is 0 Å². The van der Waals surface area contributed by atoms with Crippen LogP contribution < -0.4 is 10.0 Å². The molecule has 0 spiro atoms. The smallest absolute Gasteiger partial charge is 0.226 e. The van der Waals surface area contributed by atoms with Crippen LogP contribution in [-0.4, -0.2) is 43.0 Å². The summed E-state index contributed by atoms with van der Waals surface area (Å²) in [7, 11) is 0. The fraction of sp³-hybridized carbons (Fsp3) is 0.556. The van der Waals surface area contributed by atoms with Gasteiger partial charge in [-0.15, -0.1) is 0 Å². The zero-order chi connectivity index (χ0) is 17.1. The molecule has 1 saturated carbocycles. The Morgan fingerprint density at radius 3 is 2.12 bits per heavy atom. The Balaban J connectivity index is 1.60. The SMILES string of the molecule is O=C([O-])[C@H]1CCCC[C@@H]1C(=O)N1CCN(c2ccc(Cl)cc2)CC1. The predicted molar refractivity (Wildman–Crippen MR) is 90.7 cm³/mol. The number of amides is 1. The number of nitrogens with zero attached hydrogens (tertiary/aromatic N) is 2. The number of anilines is 1. The van der Waals surface area contributed by atoms with E-state index in [0.717, 1.165) is 31.6 Å². The van der Waals surface area contributed by atoms with E-state index in [1.54, 1.807) is 0 Å². The molecule has 1 saturated heterocycles. The van der Waals surface area contributed by atoms with E-state index in [2.05, 4.69) is 4.90 Å². The lowest BCUT2D eigenvalue weighted by atomic mass is 9.78. The van der Waals surface area contributed by atoms with Crippen LogP contribution in [0.3, 0.4) is 0 Å². The minimum atomic E-state index is -1.08. The van der Waals surface area contributed by atoms with Gasteiger partial charge < -0.3 is 19.7 Å². The van der Waals surface area contributed by atoms with E-state index in [-0.39, 0.29) is 5.91 Å². The second-order valence-electron chi connectivity index (χ2n) is 6.61. The van der Waals surface area contributed by atoms with E-state index >= 15 is 0 Å². The highest BCUT2D eigenvalue weighted by Crippen LogP contribution is 2.31. The molecule has 1 aromatic carbocycles. The van der Waals surface area contributed by atoms with Crippen molar-refractivity contribution >= 4 is 29.2 Å². The molecular weight excluding hydrogens is 328 g/mol. The van der Waals surface area contributed by atoms with Crippen molar-refractivity contribution in [2.45, 2.75) is 25.7 Å². The van der Waals surface area contributed by atoms with Gasteiger partial charge in [0.05, 0.1) is 0 Å². The van der Waals surface area contributed by atoms with Gasteiger partial charge in [0.1, 0.15) is 0 Å². The third kappa shape index (κ3) is 3.66. The van der Waals surface area contributed by atoms with Gasteiger partial charge in [-0.1, -0.05) is 24.4 Å². The Labute approximate surface area is 147 Å². The molecule has 3 rings (SSSR count). The van der Waals surface area contributed by atoms with Crippen molar-refractivity contribution in [3.05, 3.63) is 29.3 Å². The number of rotatable bonds is 3. The van der Waals surface area contributed by atoms with Gasteiger partial charge in [0.25, 0.3) is 0 Å². The van der Waals surface area contributed by atoms with Crippen molar-refractivity contribution in [2.75, 3.05) is 31.1 Å². The van der Waals surface area contributed by atoms with E-state index in [1.807, 2.05) is 29.2 Å². The van der Waals surface area contributed by atoms with Crippen molar-refractivity contribution in [1.82, 2.24) is 4.90 Å². The molecule has 130 valence electrons. The molecule has 6 heteroatoms. The lowest BCUT2D eigenvalue weighted by Crippen LogP contribution is -2.53. The fourth-order valence-corrected chi connectivity index (χ4v) is 3.91. The average Bonchev–Trinajstić information content (AvgIpc) is 2.62. The number of hydrogen-bond donors (Lipinski definition) is 0. The number of aliphatic carboxylic acids is 1. The first kappa shape index (κ1) is 17.1. The molecule has 24 heavy (non-hydrogen) atoms. The molecule has 2 aliphatic rings. The van der Waals surface area contributed by atoms with Crippen molar-refractivity contribution in [2.24, 2.45) is 11.8 Å². The lowest BCUT2D eigenvalue weighted by Gasteiger charge is -2.40. The van der Waals surface area contributed by atoms with E-state index < -0.39 is 17.8 Å².